The molecule has 3 rings (SSSR count). The van der Waals surface area contributed by atoms with E-state index in [0.717, 1.165) is 10.4 Å². The van der Waals surface area contributed by atoms with E-state index in [4.69, 9.17) is 0 Å². The summed E-state index contributed by atoms with van der Waals surface area (Å²) in [6.45, 7) is 2.01. The maximum absolute atomic E-state index is 12.6. The Morgan fingerprint density at radius 2 is 2.00 bits per heavy atom. The summed E-state index contributed by atoms with van der Waals surface area (Å²) in [6, 6.07) is 5.14. The largest absolute Gasteiger partial charge is 0.241 e. The first kappa shape index (κ1) is 16.0. The van der Waals surface area contributed by atoms with Gasteiger partial charge in [-0.15, -0.1) is 0 Å². The van der Waals surface area contributed by atoms with E-state index in [1.54, 1.807) is 18.2 Å². The van der Waals surface area contributed by atoms with Crippen LogP contribution in [0.25, 0.3) is 0 Å². The molecule has 116 valence electrons. The summed E-state index contributed by atoms with van der Waals surface area (Å²) < 4.78 is 29.5. The topological polar surface area (TPSA) is 46.2 Å². The van der Waals surface area contributed by atoms with E-state index < -0.39 is 10.0 Å². The van der Waals surface area contributed by atoms with Gasteiger partial charge >= 0.3 is 0 Å². The lowest BCUT2D eigenvalue weighted by atomic mass is 9.84. The van der Waals surface area contributed by atoms with Crippen LogP contribution in [0.15, 0.2) is 32.0 Å². The third kappa shape index (κ3) is 3.23. The van der Waals surface area contributed by atoms with Crippen LogP contribution in [0.1, 0.15) is 32.6 Å². The molecule has 0 aliphatic heterocycles. The second kappa shape index (κ2) is 5.95. The van der Waals surface area contributed by atoms with Gasteiger partial charge in [-0.1, -0.05) is 22.4 Å². The second-order valence-corrected chi connectivity index (χ2v) is 9.78. The minimum absolute atomic E-state index is 0.000784. The predicted octanol–water partition coefficient (Wildman–Crippen LogP) is 4.31. The van der Waals surface area contributed by atoms with Crippen molar-refractivity contribution in [1.82, 2.24) is 4.72 Å². The van der Waals surface area contributed by atoms with Crippen LogP contribution in [0.3, 0.4) is 0 Å². The number of hydrogen-bond acceptors (Lipinski definition) is 2. The van der Waals surface area contributed by atoms with Gasteiger partial charge in [0.25, 0.3) is 0 Å². The van der Waals surface area contributed by atoms with E-state index in [-0.39, 0.29) is 6.04 Å². The van der Waals surface area contributed by atoms with Crippen LogP contribution in [0.4, 0.5) is 0 Å². The van der Waals surface area contributed by atoms with Gasteiger partial charge in [0.05, 0.1) is 4.90 Å². The molecule has 2 aliphatic carbocycles. The molecule has 2 aliphatic rings. The van der Waals surface area contributed by atoms with E-state index in [0.29, 0.717) is 21.2 Å². The fourth-order valence-corrected chi connectivity index (χ4v) is 7.04. The zero-order chi connectivity index (χ0) is 15.2. The van der Waals surface area contributed by atoms with Crippen LogP contribution in [0.5, 0.6) is 0 Å². The molecule has 21 heavy (non-hydrogen) atoms. The molecule has 2 fully saturated rings. The summed E-state index contributed by atoms with van der Waals surface area (Å²) in [7, 11) is -3.48. The van der Waals surface area contributed by atoms with E-state index in [2.05, 4.69) is 36.6 Å². The molecule has 0 amide bonds. The Kier molecular flexibility index (Phi) is 4.52. The molecule has 2 saturated carbocycles. The average Bonchev–Trinajstić information content (AvgIpc) is 2.99. The summed E-state index contributed by atoms with van der Waals surface area (Å²) in [5.41, 5.74) is 0. The zero-order valence-electron chi connectivity index (χ0n) is 11.9. The molecule has 2 bridgehead atoms. The molecule has 0 spiro atoms. The summed E-state index contributed by atoms with van der Waals surface area (Å²) in [5, 5.41) is 0. The molecule has 0 radical (unpaired) electrons. The third-order valence-corrected chi connectivity index (χ3v) is 7.99. The van der Waals surface area contributed by atoms with Gasteiger partial charge in [-0.25, -0.2) is 13.1 Å². The van der Waals surface area contributed by atoms with Gasteiger partial charge in [0.1, 0.15) is 0 Å². The third-order valence-electron chi connectivity index (χ3n) is 4.96. The van der Waals surface area contributed by atoms with Crippen molar-refractivity contribution >= 4 is 41.9 Å². The van der Waals surface area contributed by atoms with Crippen LogP contribution in [-0.2, 0) is 10.0 Å². The lowest BCUT2D eigenvalue weighted by Crippen LogP contribution is -2.40. The average molecular weight is 437 g/mol. The number of benzene rings is 1. The smallest absolute Gasteiger partial charge is 0.208 e. The van der Waals surface area contributed by atoms with Crippen molar-refractivity contribution in [1.29, 1.82) is 0 Å². The Labute approximate surface area is 143 Å². The van der Waals surface area contributed by atoms with Crippen LogP contribution in [0.2, 0.25) is 0 Å². The maximum Gasteiger partial charge on any atom is 0.241 e. The lowest BCUT2D eigenvalue weighted by Gasteiger charge is -2.28. The molecule has 0 aromatic heterocycles. The Morgan fingerprint density at radius 3 is 2.57 bits per heavy atom. The molecule has 6 heteroatoms. The molecule has 1 aromatic rings. The fraction of sp³-hybridized carbons (Fsp3) is 0.600. The second-order valence-electron chi connectivity index (χ2n) is 6.32. The SMILES string of the molecule is C[C@H](NS(=O)(=O)c1ccc(Br)cc1Br)[C@@H]1C[C@H]2CC[C@H]1C2. The van der Waals surface area contributed by atoms with Gasteiger partial charge in [-0.2, -0.15) is 0 Å². The van der Waals surface area contributed by atoms with Crippen molar-refractivity contribution in [3.8, 4) is 0 Å². The van der Waals surface area contributed by atoms with Crippen LogP contribution in [0, 0.1) is 17.8 Å². The molecule has 0 saturated heterocycles. The zero-order valence-corrected chi connectivity index (χ0v) is 15.8. The highest BCUT2D eigenvalue weighted by molar-refractivity contribution is 9.11. The Bertz CT molecular complexity index is 647. The molecule has 0 heterocycles. The van der Waals surface area contributed by atoms with Crippen LogP contribution < -0.4 is 4.72 Å². The Balaban J connectivity index is 1.76. The highest BCUT2D eigenvalue weighted by Gasteiger charge is 2.42. The molecule has 1 aromatic carbocycles. The van der Waals surface area contributed by atoms with E-state index >= 15 is 0 Å². The highest BCUT2D eigenvalue weighted by atomic mass is 79.9. The van der Waals surface area contributed by atoms with Crippen molar-refractivity contribution < 1.29 is 8.42 Å². The van der Waals surface area contributed by atoms with Crippen LogP contribution in [-0.4, -0.2) is 14.5 Å². The maximum atomic E-state index is 12.6. The summed E-state index contributed by atoms with van der Waals surface area (Å²) in [5.74, 6) is 2.03. The summed E-state index contributed by atoms with van der Waals surface area (Å²) in [4.78, 5) is 0.306. The number of nitrogens with one attached hydrogen (secondary N) is 1. The first-order valence-corrected chi connectivity index (χ1v) is 10.4. The summed E-state index contributed by atoms with van der Waals surface area (Å²) >= 11 is 6.68. The van der Waals surface area contributed by atoms with E-state index in [9.17, 15) is 8.42 Å². The number of rotatable bonds is 4. The van der Waals surface area contributed by atoms with Crippen molar-refractivity contribution in [2.45, 2.75) is 43.5 Å². The highest BCUT2D eigenvalue weighted by Crippen LogP contribution is 2.49. The normalized spacial score (nSPS) is 29.8. The predicted molar refractivity (Wildman–Crippen MR) is 90.6 cm³/mol. The van der Waals surface area contributed by atoms with Crippen molar-refractivity contribution in [3.05, 3.63) is 27.1 Å². The van der Waals surface area contributed by atoms with Crippen LogP contribution >= 0.6 is 31.9 Å². The fourth-order valence-electron chi connectivity index (χ4n) is 4.00. The van der Waals surface area contributed by atoms with Crippen molar-refractivity contribution in [2.24, 2.45) is 17.8 Å². The first-order valence-electron chi connectivity index (χ1n) is 7.34. The molecular formula is C15H19Br2NO2S. The molecule has 4 atom stereocenters. The minimum Gasteiger partial charge on any atom is -0.208 e. The van der Waals surface area contributed by atoms with E-state index in [1.165, 1.54) is 25.7 Å². The van der Waals surface area contributed by atoms with E-state index in [1.807, 2.05) is 6.92 Å². The Hall–Kier alpha value is 0.0900. The van der Waals surface area contributed by atoms with Crippen molar-refractivity contribution in [2.75, 3.05) is 0 Å². The van der Waals surface area contributed by atoms with Crippen molar-refractivity contribution in [3.63, 3.8) is 0 Å². The minimum atomic E-state index is -3.48. The van der Waals surface area contributed by atoms with Gasteiger partial charge in [0.15, 0.2) is 0 Å². The van der Waals surface area contributed by atoms with Gasteiger partial charge in [-0.3, -0.25) is 0 Å². The molecule has 0 unspecified atom stereocenters. The number of halogens is 2. The van der Waals surface area contributed by atoms with Gasteiger partial charge in [0, 0.05) is 15.0 Å². The summed E-state index contributed by atoms with van der Waals surface area (Å²) in [6.07, 6.45) is 5.07. The van der Waals surface area contributed by atoms with Gasteiger partial charge in [0.2, 0.25) is 10.0 Å². The van der Waals surface area contributed by atoms with Gasteiger partial charge < -0.3 is 0 Å². The quantitative estimate of drug-likeness (QED) is 0.763. The molecule has 1 N–H and O–H groups in total. The monoisotopic (exact) mass is 435 g/mol. The lowest BCUT2D eigenvalue weighted by molar-refractivity contribution is 0.280. The number of fused-ring (bicyclic) bond motifs is 2. The number of sulfonamides is 1. The van der Waals surface area contributed by atoms with Gasteiger partial charge in [-0.05, 0) is 78.1 Å². The standard InChI is InChI=1S/C15H19Br2NO2S/c1-9(13-7-10-2-3-11(13)6-10)18-21(19,20)15-5-4-12(16)8-14(15)17/h4-5,8-11,13,18H,2-3,6-7H2,1H3/t9-,10-,11-,13-/m0/s1. The Morgan fingerprint density at radius 1 is 1.24 bits per heavy atom. The molecule has 3 nitrogen and oxygen atoms in total. The first-order chi connectivity index (χ1) is 9.87. The molecular weight excluding hydrogens is 418 g/mol. The number of hydrogen-bond donors (Lipinski definition) is 1.